The number of benzene rings is 1. The standard InChI is InChI=1S/C14H25N3.ClH/c15-9-4-5-11-17(12-6-10-16)13-14-7-2-1-3-8-14;/h1-3,7-8H,4-6,9-13,15-16H2;1H. The maximum atomic E-state index is 5.58. The summed E-state index contributed by atoms with van der Waals surface area (Å²) in [5.41, 5.74) is 12.5. The number of unbranched alkanes of at least 4 members (excludes halogenated alkanes) is 1. The molecule has 0 aliphatic rings. The average molecular weight is 272 g/mol. The van der Waals surface area contributed by atoms with Gasteiger partial charge in [0.1, 0.15) is 0 Å². The molecule has 4 N–H and O–H groups in total. The summed E-state index contributed by atoms with van der Waals surface area (Å²) in [6, 6.07) is 10.6. The highest BCUT2D eigenvalue weighted by Gasteiger charge is 2.04. The molecule has 0 radical (unpaired) electrons. The fourth-order valence-electron chi connectivity index (χ4n) is 1.91. The van der Waals surface area contributed by atoms with E-state index in [4.69, 9.17) is 11.5 Å². The van der Waals surface area contributed by atoms with Crippen molar-refractivity contribution < 1.29 is 0 Å². The Bertz CT molecular complexity index is 280. The van der Waals surface area contributed by atoms with Crippen LogP contribution in [0.5, 0.6) is 0 Å². The molecule has 0 saturated heterocycles. The molecule has 1 aromatic rings. The second kappa shape index (κ2) is 11.5. The van der Waals surface area contributed by atoms with Gasteiger partial charge in [-0.3, -0.25) is 4.90 Å². The van der Waals surface area contributed by atoms with Crippen LogP contribution < -0.4 is 11.5 Å². The number of halogens is 1. The molecule has 1 rings (SSSR count). The predicted molar refractivity (Wildman–Crippen MR) is 80.9 cm³/mol. The summed E-state index contributed by atoms with van der Waals surface area (Å²) >= 11 is 0. The third kappa shape index (κ3) is 7.67. The van der Waals surface area contributed by atoms with E-state index in [1.54, 1.807) is 0 Å². The van der Waals surface area contributed by atoms with Crippen LogP contribution in [0.2, 0.25) is 0 Å². The number of hydrogen-bond acceptors (Lipinski definition) is 3. The number of rotatable bonds is 9. The molecule has 18 heavy (non-hydrogen) atoms. The van der Waals surface area contributed by atoms with Gasteiger partial charge in [0.05, 0.1) is 0 Å². The Morgan fingerprint density at radius 1 is 0.833 bits per heavy atom. The van der Waals surface area contributed by atoms with Crippen molar-refractivity contribution in [1.82, 2.24) is 4.90 Å². The Balaban J connectivity index is 0.00000289. The van der Waals surface area contributed by atoms with Gasteiger partial charge in [0.25, 0.3) is 0 Å². The van der Waals surface area contributed by atoms with Gasteiger partial charge in [0.15, 0.2) is 0 Å². The molecule has 4 heteroatoms. The summed E-state index contributed by atoms with van der Waals surface area (Å²) in [7, 11) is 0. The SMILES string of the molecule is Cl.NCCCCN(CCCN)Cc1ccccc1. The van der Waals surface area contributed by atoms with Crippen molar-refractivity contribution >= 4 is 12.4 Å². The van der Waals surface area contributed by atoms with E-state index in [-0.39, 0.29) is 12.4 Å². The summed E-state index contributed by atoms with van der Waals surface area (Å²) in [5.74, 6) is 0. The molecule has 104 valence electrons. The highest BCUT2D eigenvalue weighted by Crippen LogP contribution is 2.06. The smallest absolute Gasteiger partial charge is 0.0233 e. The molecule has 0 heterocycles. The zero-order valence-electron chi connectivity index (χ0n) is 11.1. The molecule has 3 nitrogen and oxygen atoms in total. The normalized spacial score (nSPS) is 10.4. The summed E-state index contributed by atoms with van der Waals surface area (Å²) < 4.78 is 0. The second-order valence-corrected chi connectivity index (χ2v) is 4.40. The summed E-state index contributed by atoms with van der Waals surface area (Å²) in [4.78, 5) is 2.47. The maximum absolute atomic E-state index is 5.58. The first kappa shape index (κ1) is 17.4. The van der Waals surface area contributed by atoms with Crippen molar-refractivity contribution in [2.45, 2.75) is 25.8 Å². The lowest BCUT2D eigenvalue weighted by Gasteiger charge is -2.22. The minimum absolute atomic E-state index is 0. The van der Waals surface area contributed by atoms with Gasteiger partial charge in [-0.25, -0.2) is 0 Å². The summed E-state index contributed by atoms with van der Waals surface area (Å²) in [6.45, 7) is 4.77. The molecule has 0 aliphatic carbocycles. The quantitative estimate of drug-likeness (QED) is 0.676. The van der Waals surface area contributed by atoms with Crippen molar-refractivity contribution in [3.05, 3.63) is 35.9 Å². The van der Waals surface area contributed by atoms with Crippen LogP contribution in [-0.4, -0.2) is 31.1 Å². The fourth-order valence-corrected chi connectivity index (χ4v) is 1.91. The van der Waals surface area contributed by atoms with E-state index >= 15 is 0 Å². The first-order valence-corrected chi connectivity index (χ1v) is 6.53. The Kier molecular flexibility index (Phi) is 11.1. The van der Waals surface area contributed by atoms with Crippen LogP contribution >= 0.6 is 12.4 Å². The lowest BCUT2D eigenvalue weighted by atomic mass is 10.2. The van der Waals surface area contributed by atoms with Gasteiger partial charge >= 0.3 is 0 Å². The number of nitrogens with two attached hydrogens (primary N) is 2. The molecule has 1 aromatic carbocycles. The molecule has 0 amide bonds. The molecule has 0 atom stereocenters. The zero-order valence-corrected chi connectivity index (χ0v) is 11.9. The third-order valence-electron chi connectivity index (χ3n) is 2.86. The Morgan fingerprint density at radius 2 is 1.44 bits per heavy atom. The molecular formula is C14H26ClN3. The van der Waals surface area contributed by atoms with E-state index in [9.17, 15) is 0 Å². The van der Waals surface area contributed by atoms with Crippen molar-refractivity contribution in [3.8, 4) is 0 Å². The average Bonchev–Trinajstić information content (AvgIpc) is 2.37. The summed E-state index contributed by atoms with van der Waals surface area (Å²) in [6.07, 6.45) is 3.34. The summed E-state index contributed by atoms with van der Waals surface area (Å²) in [5, 5.41) is 0. The monoisotopic (exact) mass is 271 g/mol. The van der Waals surface area contributed by atoms with Crippen molar-refractivity contribution in [3.63, 3.8) is 0 Å². The molecule has 0 aromatic heterocycles. The molecule has 0 saturated carbocycles. The topological polar surface area (TPSA) is 55.3 Å². The van der Waals surface area contributed by atoms with Crippen LogP contribution in [0.1, 0.15) is 24.8 Å². The van der Waals surface area contributed by atoms with E-state index in [1.807, 2.05) is 0 Å². The molecule has 0 bridgehead atoms. The van der Waals surface area contributed by atoms with Gasteiger partial charge in [0, 0.05) is 6.54 Å². The van der Waals surface area contributed by atoms with Crippen molar-refractivity contribution in [1.29, 1.82) is 0 Å². The van der Waals surface area contributed by atoms with Gasteiger partial charge in [-0.15, -0.1) is 12.4 Å². The minimum atomic E-state index is 0. The highest BCUT2D eigenvalue weighted by molar-refractivity contribution is 5.85. The van der Waals surface area contributed by atoms with Crippen LogP contribution in [0.25, 0.3) is 0 Å². The van der Waals surface area contributed by atoms with Gasteiger partial charge in [0.2, 0.25) is 0 Å². The Hall–Kier alpha value is -0.610. The molecule has 0 unspecified atom stereocenters. The largest absolute Gasteiger partial charge is 0.330 e. The van der Waals surface area contributed by atoms with Crippen molar-refractivity contribution in [2.24, 2.45) is 11.5 Å². The van der Waals surface area contributed by atoms with Gasteiger partial charge < -0.3 is 11.5 Å². The third-order valence-corrected chi connectivity index (χ3v) is 2.86. The van der Waals surface area contributed by atoms with E-state index < -0.39 is 0 Å². The van der Waals surface area contributed by atoms with Crippen molar-refractivity contribution in [2.75, 3.05) is 26.2 Å². The lowest BCUT2D eigenvalue weighted by Crippen LogP contribution is -2.27. The number of nitrogens with zero attached hydrogens (tertiary/aromatic N) is 1. The van der Waals surface area contributed by atoms with Crippen LogP contribution in [0.15, 0.2) is 30.3 Å². The van der Waals surface area contributed by atoms with Crippen LogP contribution in [-0.2, 0) is 6.54 Å². The molecular weight excluding hydrogens is 246 g/mol. The molecule has 0 spiro atoms. The van der Waals surface area contributed by atoms with E-state index in [1.165, 1.54) is 12.0 Å². The fraction of sp³-hybridized carbons (Fsp3) is 0.571. The van der Waals surface area contributed by atoms with E-state index in [0.717, 1.165) is 45.6 Å². The molecule has 0 fully saturated rings. The van der Waals surface area contributed by atoms with Crippen LogP contribution in [0, 0.1) is 0 Å². The van der Waals surface area contributed by atoms with E-state index in [2.05, 4.69) is 35.2 Å². The second-order valence-electron chi connectivity index (χ2n) is 4.40. The minimum Gasteiger partial charge on any atom is -0.330 e. The Labute approximate surface area is 117 Å². The van der Waals surface area contributed by atoms with Gasteiger partial charge in [-0.1, -0.05) is 30.3 Å². The Morgan fingerprint density at radius 3 is 2.06 bits per heavy atom. The van der Waals surface area contributed by atoms with Crippen LogP contribution in [0.4, 0.5) is 0 Å². The predicted octanol–water partition coefficient (Wildman–Crippen LogP) is 2.00. The molecule has 0 aliphatic heterocycles. The lowest BCUT2D eigenvalue weighted by molar-refractivity contribution is 0.258. The maximum Gasteiger partial charge on any atom is 0.0233 e. The first-order chi connectivity index (χ1) is 8.36. The first-order valence-electron chi connectivity index (χ1n) is 6.53. The highest BCUT2D eigenvalue weighted by atomic mass is 35.5. The number of hydrogen-bond donors (Lipinski definition) is 2. The van der Waals surface area contributed by atoms with Crippen LogP contribution in [0.3, 0.4) is 0 Å². The van der Waals surface area contributed by atoms with Gasteiger partial charge in [-0.2, -0.15) is 0 Å². The zero-order chi connectivity index (χ0) is 12.3. The van der Waals surface area contributed by atoms with Gasteiger partial charge in [-0.05, 0) is 51.0 Å². The van der Waals surface area contributed by atoms with E-state index in [0.29, 0.717) is 0 Å².